The Morgan fingerprint density at radius 1 is 0.973 bits per heavy atom. The summed E-state index contributed by atoms with van der Waals surface area (Å²) in [6, 6.07) is 22.0. The van der Waals surface area contributed by atoms with E-state index in [1.165, 1.54) is 11.8 Å². The molecule has 3 aromatic carbocycles. The first-order chi connectivity index (χ1) is 18.0. The molecule has 3 aromatic rings. The topological polar surface area (TPSA) is 89.5 Å². The van der Waals surface area contributed by atoms with Gasteiger partial charge in [-0.15, -0.1) is 0 Å². The Balaban J connectivity index is 1.52. The lowest BCUT2D eigenvalue weighted by atomic mass is 10.2. The zero-order valence-electron chi connectivity index (χ0n) is 21.0. The maximum atomic E-state index is 13.4. The highest BCUT2D eigenvalue weighted by atomic mass is 32.2. The van der Waals surface area contributed by atoms with Crippen molar-refractivity contribution in [2.45, 2.75) is 25.1 Å². The number of hydrogen-bond donors (Lipinski definition) is 1. The van der Waals surface area contributed by atoms with Gasteiger partial charge >= 0.3 is 0 Å². The Kier molecular flexibility index (Phi) is 8.68. The van der Waals surface area contributed by atoms with E-state index in [9.17, 15) is 9.59 Å². The fraction of sp³-hybridized carbons (Fsp3) is 0.250. The molecule has 1 aliphatic rings. The van der Waals surface area contributed by atoms with E-state index in [-0.39, 0.29) is 18.2 Å². The van der Waals surface area contributed by atoms with Crippen molar-refractivity contribution in [3.63, 3.8) is 0 Å². The Bertz CT molecular complexity index is 1260. The molecule has 1 saturated heterocycles. The molecule has 0 aromatic heterocycles. The van der Waals surface area contributed by atoms with E-state index in [0.717, 1.165) is 17.1 Å². The molecule has 0 bridgehead atoms. The number of nitrogens with zero attached hydrogens (tertiary/aromatic N) is 2. The SMILES string of the molecule is CCOc1cccc(NC(=O)CC2SC(=Nc3ccc(OC)cc3)N(Cc3ccc(OC)cc3)C2=O)c1. The second-order valence-electron chi connectivity index (χ2n) is 8.18. The summed E-state index contributed by atoms with van der Waals surface area (Å²) in [5, 5.41) is 2.82. The maximum absolute atomic E-state index is 13.4. The highest BCUT2D eigenvalue weighted by molar-refractivity contribution is 8.15. The molecule has 1 unspecified atom stereocenters. The second kappa shape index (κ2) is 12.3. The van der Waals surface area contributed by atoms with Gasteiger partial charge in [0.15, 0.2) is 5.17 Å². The van der Waals surface area contributed by atoms with Crippen molar-refractivity contribution in [3.05, 3.63) is 78.4 Å². The van der Waals surface area contributed by atoms with Crippen LogP contribution in [0.25, 0.3) is 0 Å². The molecule has 4 rings (SSSR count). The highest BCUT2D eigenvalue weighted by Crippen LogP contribution is 2.33. The number of hydrogen-bond acceptors (Lipinski definition) is 7. The highest BCUT2D eigenvalue weighted by Gasteiger charge is 2.39. The van der Waals surface area contributed by atoms with Crippen molar-refractivity contribution in [3.8, 4) is 17.2 Å². The van der Waals surface area contributed by atoms with Crippen molar-refractivity contribution >= 4 is 40.1 Å². The van der Waals surface area contributed by atoms with Gasteiger partial charge in [-0.2, -0.15) is 0 Å². The number of thioether (sulfide) groups is 1. The molecule has 0 spiro atoms. The number of aliphatic imine (C=N–C) groups is 1. The molecule has 1 atom stereocenters. The minimum Gasteiger partial charge on any atom is -0.497 e. The van der Waals surface area contributed by atoms with Crippen molar-refractivity contribution in [2.75, 3.05) is 26.1 Å². The fourth-order valence-corrected chi connectivity index (χ4v) is 4.92. The smallest absolute Gasteiger partial charge is 0.242 e. The Hall–Kier alpha value is -3.98. The number of amidine groups is 1. The summed E-state index contributed by atoms with van der Waals surface area (Å²) in [6.07, 6.45) is 0.0170. The number of rotatable bonds is 10. The molecule has 0 saturated carbocycles. The van der Waals surface area contributed by atoms with Crippen LogP contribution in [0.5, 0.6) is 17.2 Å². The Morgan fingerprint density at radius 2 is 1.65 bits per heavy atom. The molecule has 1 aliphatic heterocycles. The van der Waals surface area contributed by atoms with Crippen molar-refractivity contribution in [2.24, 2.45) is 4.99 Å². The predicted molar refractivity (Wildman–Crippen MR) is 146 cm³/mol. The van der Waals surface area contributed by atoms with Crippen LogP contribution in [0.4, 0.5) is 11.4 Å². The third kappa shape index (κ3) is 6.83. The summed E-state index contributed by atoms with van der Waals surface area (Å²) in [6.45, 7) is 2.77. The van der Waals surface area contributed by atoms with E-state index in [1.807, 2.05) is 67.6 Å². The second-order valence-corrected chi connectivity index (χ2v) is 9.35. The van der Waals surface area contributed by atoms with Crippen LogP contribution in [0.2, 0.25) is 0 Å². The molecule has 1 fully saturated rings. The molecule has 0 aliphatic carbocycles. The average Bonchev–Trinajstić information content (AvgIpc) is 3.18. The van der Waals surface area contributed by atoms with E-state index in [2.05, 4.69) is 5.32 Å². The number of nitrogens with one attached hydrogen (secondary N) is 1. The summed E-state index contributed by atoms with van der Waals surface area (Å²) in [7, 11) is 3.21. The fourth-order valence-electron chi connectivity index (χ4n) is 3.76. The van der Waals surface area contributed by atoms with Gasteiger partial charge in [0.1, 0.15) is 22.5 Å². The zero-order valence-corrected chi connectivity index (χ0v) is 21.8. The number of anilines is 1. The van der Waals surface area contributed by atoms with E-state index in [4.69, 9.17) is 19.2 Å². The van der Waals surface area contributed by atoms with Gasteiger partial charge in [-0.1, -0.05) is 30.0 Å². The lowest BCUT2D eigenvalue weighted by Crippen LogP contribution is -2.33. The van der Waals surface area contributed by atoms with Crippen LogP contribution in [-0.2, 0) is 16.1 Å². The number of carbonyl (C=O) groups excluding carboxylic acids is 2. The minimum atomic E-state index is -0.592. The van der Waals surface area contributed by atoms with Crippen molar-refractivity contribution in [1.29, 1.82) is 0 Å². The van der Waals surface area contributed by atoms with Gasteiger partial charge in [-0.3, -0.25) is 14.5 Å². The lowest BCUT2D eigenvalue weighted by molar-refractivity contribution is -0.128. The summed E-state index contributed by atoms with van der Waals surface area (Å²) >= 11 is 1.29. The summed E-state index contributed by atoms with van der Waals surface area (Å²) in [4.78, 5) is 32.6. The van der Waals surface area contributed by atoms with Gasteiger partial charge in [-0.05, 0) is 61.0 Å². The van der Waals surface area contributed by atoms with Crippen LogP contribution in [0, 0.1) is 0 Å². The lowest BCUT2D eigenvalue weighted by Gasteiger charge is -2.17. The molecule has 0 radical (unpaired) electrons. The molecule has 8 nitrogen and oxygen atoms in total. The maximum Gasteiger partial charge on any atom is 0.242 e. The standard InChI is InChI=1S/C28H29N3O5S/c1-4-36-24-7-5-6-21(16-24)29-26(32)17-25-27(33)31(18-19-8-12-22(34-2)13-9-19)28(37-25)30-20-10-14-23(35-3)15-11-20/h5-16,25H,4,17-18H2,1-3H3,(H,29,32). The van der Waals surface area contributed by atoms with E-state index in [0.29, 0.717) is 35.4 Å². The minimum absolute atomic E-state index is 0.0170. The normalized spacial score (nSPS) is 16.1. The van der Waals surface area contributed by atoms with E-state index >= 15 is 0 Å². The number of ether oxygens (including phenoxy) is 3. The van der Waals surface area contributed by atoms with Gasteiger partial charge in [0.2, 0.25) is 11.8 Å². The van der Waals surface area contributed by atoms with Crippen molar-refractivity contribution < 1.29 is 23.8 Å². The van der Waals surface area contributed by atoms with Crippen LogP contribution in [0.1, 0.15) is 18.9 Å². The van der Waals surface area contributed by atoms with Crippen LogP contribution >= 0.6 is 11.8 Å². The molecule has 37 heavy (non-hydrogen) atoms. The van der Waals surface area contributed by atoms with Gasteiger partial charge in [0, 0.05) is 18.2 Å². The first-order valence-electron chi connectivity index (χ1n) is 11.9. The third-order valence-corrected chi connectivity index (χ3v) is 6.79. The molecule has 1 N–H and O–H groups in total. The molecule has 1 heterocycles. The third-order valence-electron chi connectivity index (χ3n) is 5.62. The summed E-state index contributed by atoms with van der Waals surface area (Å²) < 4.78 is 16.0. The average molecular weight is 520 g/mol. The molecular formula is C28H29N3O5S. The number of methoxy groups -OCH3 is 2. The molecular weight excluding hydrogens is 490 g/mol. The van der Waals surface area contributed by atoms with Gasteiger partial charge < -0.3 is 19.5 Å². The number of benzene rings is 3. The quantitative estimate of drug-likeness (QED) is 0.393. The van der Waals surface area contributed by atoms with E-state index < -0.39 is 5.25 Å². The van der Waals surface area contributed by atoms with Crippen LogP contribution in [0.3, 0.4) is 0 Å². The zero-order chi connectivity index (χ0) is 26.2. The first-order valence-corrected chi connectivity index (χ1v) is 12.7. The van der Waals surface area contributed by atoms with Crippen LogP contribution in [0.15, 0.2) is 77.8 Å². The van der Waals surface area contributed by atoms with Crippen LogP contribution < -0.4 is 19.5 Å². The summed E-state index contributed by atoms with van der Waals surface area (Å²) in [5.74, 6) is 1.71. The predicted octanol–water partition coefficient (Wildman–Crippen LogP) is 5.26. The van der Waals surface area contributed by atoms with Gasteiger partial charge in [0.05, 0.1) is 33.1 Å². The van der Waals surface area contributed by atoms with Crippen LogP contribution in [-0.4, -0.2) is 48.0 Å². The number of carbonyl (C=O) groups is 2. The largest absolute Gasteiger partial charge is 0.497 e. The molecule has 2 amide bonds. The Morgan fingerprint density at radius 3 is 2.30 bits per heavy atom. The monoisotopic (exact) mass is 519 g/mol. The summed E-state index contributed by atoms with van der Waals surface area (Å²) in [5.41, 5.74) is 2.23. The number of amides is 2. The van der Waals surface area contributed by atoms with Gasteiger partial charge in [0.25, 0.3) is 0 Å². The van der Waals surface area contributed by atoms with Gasteiger partial charge in [-0.25, -0.2) is 4.99 Å². The van der Waals surface area contributed by atoms with E-state index in [1.54, 1.807) is 31.3 Å². The first kappa shape index (κ1) is 26.1. The molecule has 9 heteroatoms. The van der Waals surface area contributed by atoms with Crippen molar-refractivity contribution in [1.82, 2.24) is 4.90 Å². The molecule has 192 valence electrons. The Labute approximate surface area is 220 Å².